The topological polar surface area (TPSA) is 120 Å². The molecule has 0 amide bonds. The van der Waals surface area contributed by atoms with Gasteiger partial charge in [-0.2, -0.15) is 0 Å². The van der Waals surface area contributed by atoms with Crippen molar-refractivity contribution >= 4 is 26.2 Å². The first-order valence-corrected chi connectivity index (χ1v) is 0. The minimum Gasteiger partial charge on any atom is -0.870 e. The van der Waals surface area contributed by atoms with Crippen LogP contribution in [0.1, 0.15) is 0 Å². The van der Waals surface area contributed by atoms with Crippen LogP contribution in [0.4, 0.5) is 0 Å². The molecular weight excluding hydrogens is 344 g/mol. The van der Waals surface area contributed by atoms with E-state index in [1.54, 1.807) is 0 Å². The summed E-state index contributed by atoms with van der Waals surface area (Å²) in [4.78, 5) is 0. The molecule has 0 fully saturated rings. The Kier molecular flexibility index (Phi) is 1270. The van der Waals surface area contributed by atoms with Gasteiger partial charge in [0, 0.05) is 21.7 Å². The van der Waals surface area contributed by atoms with Crippen LogP contribution in [0.25, 0.3) is 0 Å². The minimum atomic E-state index is 0. The number of rotatable bonds is 0. The van der Waals surface area contributed by atoms with E-state index in [0.717, 1.165) is 0 Å². The van der Waals surface area contributed by atoms with Gasteiger partial charge in [-0.15, -0.1) is 0 Å². The van der Waals surface area contributed by atoms with E-state index in [9.17, 15) is 0 Å². The third-order valence-corrected chi connectivity index (χ3v) is 0. The molecule has 0 bridgehead atoms. The molecule has 0 aromatic carbocycles. The summed E-state index contributed by atoms with van der Waals surface area (Å²) in [6.07, 6.45) is 0. The Balaban J connectivity index is 0. The SMILES string of the molecule is [Bi+3].[Na+].[OH-].[OH-].[OH-].[OH-].[Ti]. The second-order valence-electron chi connectivity index (χ2n) is 0. The van der Waals surface area contributed by atoms with Gasteiger partial charge in [0.1, 0.15) is 0 Å². The first kappa shape index (κ1) is 113. The van der Waals surface area contributed by atoms with E-state index >= 15 is 0 Å². The molecule has 0 spiro atoms. The van der Waals surface area contributed by atoms with Crippen molar-refractivity contribution in [2.24, 2.45) is 0 Å². The van der Waals surface area contributed by atoms with Gasteiger partial charge >= 0.3 is 55.8 Å². The average molecular weight is 348 g/mol. The molecule has 0 atom stereocenters. The second-order valence-corrected chi connectivity index (χ2v) is 0. The maximum absolute atomic E-state index is 0. The zero-order valence-electron chi connectivity index (χ0n) is 3.74. The number of hydrogen-bond acceptors (Lipinski definition) is 4. The van der Waals surface area contributed by atoms with E-state index in [1.807, 2.05) is 0 Å². The van der Waals surface area contributed by atoms with Crippen LogP contribution in [-0.4, -0.2) is 48.1 Å². The van der Waals surface area contributed by atoms with Crippen molar-refractivity contribution in [3.63, 3.8) is 0 Å². The summed E-state index contributed by atoms with van der Waals surface area (Å²) in [5.74, 6) is 0. The molecule has 0 aliphatic heterocycles. The van der Waals surface area contributed by atoms with E-state index in [2.05, 4.69) is 0 Å². The van der Waals surface area contributed by atoms with E-state index < -0.39 is 0 Å². The quantitative estimate of drug-likeness (QED) is 0.414. The van der Waals surface area contributed by atoms with Gasteiger partial charge in [-0.3, -0.25) is 0 Å². The zero-order valence-corrected chi connectivity index (χ0v) is 10.8. The molecule has 4 N–H and O–H groups in total. The normalized spacial score (nSPS) is 0. The first-order valence-electron chi connectivity index (χ1n) is 0. The van der Waals surface area contributed by atoms with Gasteiger partial charge in [-0.05, 0) is 0 Å². The van der Waals surface area contributed by atoms with Crippen molar-refractivity contribution in [1.29, 1.82) is 0 Å². The third-order valence-electron chi connectivity index (χ3n) is 0. The van der Waals surface area contributed by atoms with Gasteiger partial charge in [-0.1, -0.05) is 0 Å². The van der Waals surface area contributed by atoms with Crippen LogP contribution in [0, 0.1) is 0 Å². The molecule has 0 rings (SSSR count). The molecule has 38 valence electrons. The summed E-state index contributed by atoms with van der Waals surface area (Å²) >= 11 is 0. The van der Waals surface area contributed by atoms with Crippen molar-refractivity contribution in [3.8, 4) is 0 Å². The molecule has 0 aliphatic carbocycles. The molecular formula is H4BiNaO4Ti. The molecule has 0 saturated heterocycles. The zero-order chi connectivity index (χ0) is 0. The van der Waals surface area contributed by atoms with Crippen molar-refractivity contribution in [2.45, 2.75) is 0 Å². The van der Waals surface area contributed by atoms with Gasteiger partial charge in [0.15, 0.2) is 0 Å². The summed E-state index contributed by atoms with van der Waals surface area (Å²) in [6, 6.07) is 0. The Labute approximate surface area is 98.0 Å². The standard InChI is InChI=1S/Bi.Na.4H2O.Ti/h;;4*1H2;/q+3;+1;;;;;/p-4. The van der Waals surface area contributed by atoms with Crippen LogP contribution in [0.15, 0.2) is 0 Å². The van der Waals surface area contributed by atoms with Crippen LogP contribution in [0.5, 0.6) is 0 Å². The fourth-order valence-electron chi connectivity index (χ4n) is 0. The molecule has 0 aromatic rings. The van der Waals surface area contributed by atoms with Crippen LogP contribution >= 0.6 is 0 Å². The Morgan fingerprint density at radius 2 is 0.571 bits per heavy atom. The van der Waals surface area contributed by atoms with Crippen molar-refractivity contribution < 1.29 is 73.2 Å². The molecule has 0 unspecified atom stereocenters. The maximum Gasteiger partial charge on any atom is 3.00 e. The van der Waals surface area contributed by atoms with Crippen molar-refractivity contribution in [3.05, 3.63) is 0 Å². The Morgan fingerprint density at radius 1 is 0.571 bits per heavy atom. The predicted molar refractivity (Wildman–Crippen MR) is 13.5 cm³/mol. The summed E-state index contributed by atoms with van der Waals surface area (Å²) in [5.41, 5.74) is 0. The average Bonchev–Trinajstić information content (AvgIpc) is 0. The monoisotopic (exact) mass is 348 g/mol. The summed E-state index contributed by atoms with van der Waals surface area (Å²) in [7, 11) is 0. The molecule has 0 aromatic heterocycles. The van der Waals surface area contributed by atoms with Gasteiger partial charge in [0.05, 0.1) is 0 Å². The summed E-state index contributed by atoms with van der Waals surface area (Å²) in [6.45, 7) is 0. The van der Waals surface area contributed by atoms with Crippen LogP contribution in [-0.2, 0) is 21.7 Å². The maximum atomic E-state index is 0. The Morgan fingerprint density at radius 3 is 0.571 bits per heavy atom. The fourth-order valence-corrected chi connectivity index (χ4v) is 0. The Hall–Kier alpha value is 2.44. The van der Waals surface area contributed by atoms with Crippen molar-refractivity contribution in [1.82, 2.24) is 0 Å². The molecule has 2 radical (unpaired) electrons. The van der Waals surface area contributed by atoms with Crippen LogP contribution in [0.2, 0.25) is 0 Å². The second kappa shape index (κ2) is 78.6. The first-order chi connectivity index (χ1) is 0. The molecule has 4 nitrogen and oxygen atoms in total. The Bertz CT molecular complexity index is 11.7. The van der Waals surface area contributed by atoms with Crippen molar-refractivity contribution in [2.75, 3.05) is 0 Å². The van der Waals surface area contributed by atoms with E-state index in [4.69, 9.17) is 0 Å². The summed E-state index contributed by atoms with van der Waals surface area (Å²) in [5, 5.41) is 0. The minimum absolute atomic E-state index is 0. The van der Waals surface area contributed by atoms with E-state index in [0.29, 0.717) is 0 Å². The molecule has 0 aliphatic rings. The van der Waals surface area contributed by atoms with E-state index in [1.165, 1.54) is 0 Å². The van der Waals surface area contributed by atoms with Gasteiger partial charge < -0.3 is 21.9 Å². The van der Waals surface area contributed by atoms with Gasteiger partial charge in [0.2, 0.25) is 0 Å². The van der Waals surface area contributed by atoms with Gasteiger partial charge in [-0.25, -0.2) is 0 Å². The van der Waals surface area contributed by atoms with E-state index in [-0.39, 0.29) is 99.4 Å². The number of hydrogen-bond donors (Lipinski definition) is 0. The molecule has 7 heteroatoms. The molecule has 7 heavy (non-hydrogen) atoms. The summed E-state index contributed by atoms with van der Waals surface area (Å²) < 4.78 is 0. The smallest absolute Gasteiger partial charge is 0.870 e. The molecule has 0 heterocycles. The fraction of sp³-hybridized carbons (Fsp3) is 0. The predicted octanol–water partition coefficient (Wildman–Crippen LogP) is -4.09. The van der Waals surface area contributed by atoms with Crippen LogP contribution in [0.3, 0.4) is 0 Å². The molecule has 0 saturated carbocycles. The largest absolute Gasteiger partial charge is 3.00 e. The van der Waals surface area contributed by atoms with Gasteiger partial charge in [0.25, 0.3) is 0 Å². The van der Waals surface area contributed by atoms with Crippen LogP contribution < -0.4 is 29.6 Å². The third kappa shape index (κ3) is 58.9.